The molecule has 1 aliphatic heterocycles. The van der Waals surface area contributed by atoms with Gasteiger partial charge in [0.25, 0.3) is 0 Å². The lowest BCUT2D eigenvalue weighted by atomic mass is 9.76. The van der Waals surface area contributed by atoms with E-state index >= 15 is 0 Å². The van der Waals surface area contributed by atoms with Gasteiger partial charge in [0, 0.05) is 24.4 Å². The van der Waals surface area contributed by atoms with Gasteiger partial charge in [-0.1, -0.05) is 92.0 Å². The second-order valence-electron chi connectivity index (χ2n) is 7.35. The highest BCUT2D eigenvalue weighted by Crippen LogP contribution is 2.44. The first-order valence-electron chi connectivity index (χ1n) is 9.79. The minimum Gasteiger partial charge on any atom is -0.411 e. The molecule has 2 aromatic carbocycles. The van der Waals surface area contributed by atoms with Crippen molar-refractivity contribution >= 4 is 5.71 Å². The van der Waals surface area contributed by atoms with Crippen LogP contribution in [0.4, 0.5) is 0 Å². The zero-order valence-corrected chi connectivity index (χ0v) is 15.9. The normalized spacial score (nSPS) is 25.5. The summed E-state index contributed by atoms with van der Waals surface area (Å²) in [5, 5.41) is 13.6. The van der Waals surface area contributed by atoms with Gasteiger partial charge in [-0.3, -0.25) is 4.90 Å². The Kier molecular flexibility index (Phi) is 6.45. The van der Waals surface area contributed by atoms with Crippen molar-refractivity contribution in [3.05, 3.63) is 71.8 Å². The molecular formula is C23H30N2O. The summed E-state index contributed by atoms with van der Waals surface area (Å²) in [6.45, 7) is 2.23. The van der Waals surface area contributed by atoms with E-state index in [1.807, 2.05) is 0 Å². The number of benzene rings is 2. The zero-order valence-electron chi connectivity index (χ0n) is 15.9. The third kappa shape index (κ3) is 3.99. The Labute approximate surface area is 157 Å². The molecule has 0 radical (unpaired) electrons. The Bertz CT molecular complexity index is 699. The van der Waals surface area contributed by atoms with E-state index < -0.39 is 0 Å². The van der Waals surface area contributed by atoms with Gasteiger partial charge in [-0.25, -0.2) is 0 Å². The van der Waals surface area contributed by atoms with Gasteiger partial charge in [-0.15, -0.1) is 0 Å². The summed E-state index contributed by atoms with van der Waals surface area (Å²) in [6.07, 6.45) is 5.46. The molecular weight excluding hydrogens is 320 g/mol. The second kappa shape index (κ2) is 9.00. The maximum absolute atomic E-state index is 9.80. The average Bonchev–Trinajstić information content (AvgIpc) is 2.70. The van der Waals surface area contributed by atoms with Gasteiger partial charge in [-0.2, -0.15) is 0 Å². The van der Waals surface area contributed by atoms with E-state index in [1.165, 1.54) is 30.4 Å². The van der Waals surface area contributed by atoms with Crippen LogP contribution in [0.15, 0.2) is 65.8 Å². The van der Waals surface area contributed by atoms with Crippen LogP contribution >= 0.6 is 0 Å². The standard InChI is InChI=1S/C23H30N2O/c1-3-4-7-16-20-21(24-26)17-22(18-12-8-5-9-13-18)25(2)23(20)19-14-10-6-11-15-19/h5-6,8-15,20,22-23,26H,3-4,7,16-17H2,1-2H3/t20-,22+,23+/m1/s1. The summed E-state index contributed by atoms with van der Waals surface area (Å²) in [5.41, 5.74) is 3.53. The molecule has 3 heteroatoms. The number of nitrogens with zero attached hydrogens (tertiary/aromatic N) is 2. The van der Waals surface area contributed by atoms with Crippen molar-refractivity contribution in [2.75, 3.05) is 7.05 Å². The summed E-state index contributed by atoms with van der Waals surface area (Å²) in [5.74, 6) is 0.263. The molecule has 0 unspecified atom stereocenters. The Morgan fingerprint density at radius 3 is 2.15 bits per heavy atom. The van der Waals surface area contributed by atoms with Crippen LogP contribution in [0.25, 0.3) is 0 Å². The number of likely N-dealkylation sites (tertiary alicyclic amines) is 1. The van der Waals surface area contributed by atoms with Gasteiger partial charge >= 0.3 is 0 Å². The van der Waals surface area contributed by atoms with Crippen LogP contribution in [-0.4, -0.2) is 22.9 Å². The SMILES string of the molecule is CCCCC[C@@H]1C(=NO)C[C@@H](c2ccccc2)N(C)[C@H]1c1ccccc1. The summed E-state index contributed by atoms with van der Waals surface area (Å²) >= 11 is 0. The number of unbranched alkanes of at least 4 members (excludes halogenated alkanes) is 2. The van der Waals surface area contributed by atoms with Crippen LogP contribution in [0.1, 0.15) is 62.2 Å². The van der Waals surface area contributed by atoms with Gasteiger partial charge < -0.3 is 5.21 Å². The van der Waals surface area contributed by atoms with Crippen molar-refractivity contribution < 1.29 is 5.21 Å². The van der Waals surface area contributed by atoms with E-state index in [9.17, 15) is 5.21 Å². The molecule has 3 atom stereocenters. The molecule has 1 saturated heterocycles. The zero-order chi connectivity index (χ0) is 18.4. The first-order valence-corrected chi connectivity index (χ1v) is 9.79. The highest BCUT2D eigenvalue weighted by molar-refractivity contribution is 5.88. The van der Waals surface area contributed by atoms with Crippen molar-refractivity contribution in [1.29, 1.82) is 0 Å². The van der Waals surface area contributed by atoms with Gasteiger partial charge in [0.1, 0.15) is 0 Å². The largest absolute Gasteiger partial charge is 0.411 e. The first-order chi connectivity index (χ1) is 12.8. The summed E-state index contributed by atoms with van der Waals surface area (Å²) < 4.78 is 0. The van der Waals surface area contributed by atoms with Gasteiger partial charge in [0.2, 0.25) is 0 Å². The van der Waals surface area contributed by atoms with Crippen molar-refractivity contribution in [2.45, 2.75) is 51.1 Å². The third-order valence-electron chi connectivity index (χ3n) is 5.71. The maximum Gasteiger partial charge on any atom is 0.0639 e. The fourth-order valence-corrected chi connectivity index (χ4v) is 4.35. The predicted molar refractivity (Wildman–Crippen MR) is 108 cm³/mol. The van der Waals surface area contributed by atoms with E-state index in [4.69, 9.17) is 0 Å². The van der Waals surface area contributed by atoms with Crippen molar-refractivity contribution in [3.63, 3.8) is 0 Å². The van der Waals surface area contributed by atoms with E-state index in [0.717, 1.165) is 18.6 Å². The van der Waals surface area contributed by atoms with Crippen molar-refractivity contribution in [3.8, 4) is 0 Å². The molecule has 0 aromatic heterocycles. The predicted octanol–water partition coefficient (Wildman–Crippen LogP) is 5.83. The van der Waals surface area contributed by atoms with Gasteiger partial charge in [0.05, 0.1) is 5.71 Å². The molecule has 1 heterocycles. The Morgan fingerprint density at radius 1 is 0.962 bits per heavy atom. The summed E-state index contributed by atoms with van der Waals surface area (Å²) in [4.78, 5) is 2.48. The molecule has 138 valence electrons. The number of hydrogen-bond acceptors (Lipinski definition) is 3. The van der Waals surface area contributed by atoms with Crippen molar-refractivity contribution in [1.82, 2.24) is 4.90 Å². The van der Waals surface area contributed by atoms with E-state index in [1.54, 1.807) is 0 Å². The van der Waals surface area contributed by atoms with E-state index in [0.29, 0.717) is 0 Å². The molecule has 0 aliphatic carbocycles. The number of piperidine rings is 1. The topological polar surface area (TPSA) is 35.8 Å². The molecule has 1 aliphatic rings. The number of rotatable bonds is 6. The average molecular weight is 351 g/mol. The lowest BCUT2D eigenvalue weighted by Gasteiger charge is -2.45. The molecule has 0 bridgehead atoms. The lowest BCUT2D eigenvalue weighted by molar-refractivity contribution is 0.117. The molecule has 1 N–H and O–H groups in total. The summed E-state index contributed by atoms with van der Waals surface area (Å²) in [7, 11) is 2.22. The Balaban J connectivity index is 1.97. The molecule has 3 nitrogen and oxygen atoms in total. The molecule has 3 rings (SSSR count). The van der Waals surface area contributed by atoms with Crippen LogP contribution in [0.2, 0.25) is 0 Å². The number of oxime groups is 1. The molecule has 1 fully saturated rings. The maximum atomic E-state index is 9.80. The minimum absolute atomic E-state index is 0.231. The highest BCUT2D eigenvalue weighted by Gasteiger charge is 2.40. The lowest BCUT2D eigenvalue weighted by Crippen LogP contribution is -2.43. The molecule has 0 saturated carbocycles. The summed E-state index contributed by atoms with van der Waals surface area (Å²) in [6, 6.07) is 21.7. The third-order valence-corrected chi connectivity index (χ3v) is 5.71. The van der Waals surface area contributed by atoms with Crippen LogP contribution in [0, 0.1) is 5.92 Å². The fraction of sp³-hybridized carbons (Fsp3) is 0.435. The molecule has 0 spiro atoms. The van der Waals surface area contributed by atoms with Crippen LogP contribution < -0.4 is 0 Å². The van der Waals surface area contributed by atoms with Crippen LogP contribution in [-0.2, 0) is 0 Å². The highest BCUT2D eigenvalue weighted by atomic mass is 16.4. The number of hydrogen-bond donors (Lipinski definition) is 1. The second-order valence-corrected chi connectivity index (χ2v) is 7.35. The Morgan fingerprint density at radius 2 is 1.58 bits per heavy atom. The molecule has 0 amide bonds. The van der Waals surface area contributed by atoms with Gasteiger partial charge in [-0.05, 0) is 24.6 Å². The first kappa shape index (κ1) is 18.7. The minimum atomic E-state index is 0.231. The Hall–Kier alpha value is -2.13. The molecule has 2 aromatic rings. The van der Waals surface area contributed by atoms with Crippen LogP contribution in [0.3, 0.4) is 0 Å². The monoisotopic (exact) mass is 350 g/mol. The quantitative estimate of drug-likeness (QED) is 0.404. The fourth-order valence-electron chi connectivity index (χ4n) is 4.35. The van der Waals surface area contributed by atoms with Crippen LogP contribution in [0.5, 0.6) is 0 Å². The van der Waals surface area contributed by atoms with Crippen molar-refractivity contribution in [2.24, 2.45) is 11.1 Å². The van der Waals surface area contributed by atoms with E-state index in [-0.39, 0.29) is 18.0 Å². The van der Waals surface area contributed by atoms with E-state index in [2.05, 4.69) is 84.7 Å². The van der Waals surface area contributed by atoms with Gasteiger partial charge in [0.15, 0.2) is 0 Å². The molecule has 26 heavy (non-hydrogen) atoms. The smallest absolute Gasteiger partial charge is 0.0639 e.